The highest BCUT2D eigenvalue weighted by Crippen LogP contribution is 2.24. The molecule has 0 aliphatic heterocycles. The van der Waals surface area contributed by atoms with Crippen LogP contribution in [0.5, 0.6) is 0 Å². The molecular weight excluding hydrogens is 268 g/mol. The van der Waals surface area contributed by atoms with Crippen molar-refractivity contribution in [2.24, 2.45) is 0 Å². The first-order valence-electron chi connectivity index (χ1n) is 4.58. The lowest BCUT2D eigenvalue weighted by Crippen LogP contribution is -2.11. The van der Waals surface area contributed by atoms with Crippen molar-refractivity contribution in [2.75, 3.05) is 0 Å². The lowest BCUT2D eigenvalue weighted by atomic mass is 10.1. The van der Waals surface area contributed by atoms with Crippen LogP contribution in [0.1, 0.15) is 10.4 Å². The second-order valence-electron chi connectivity index (χ2n) is 3.26. The molecule has 0 saturated heterocycles. The quantitative estimate of drug-likeness (QED) is 0.638. The minimum Gasteiger partial charge on any atom is -0.292 e. The summed E-state index contributed by atoms with van der Waals surface area (Å²) in [5.74, 6) is -1.05. The minimum absolute atomic E-state index is 0.0548. The Morgan fingerprint density at radius 3 is 2.76 bits per heavy atom. The average molecular weight is 274 g/mol. The maximum atomic E-state index is 13.2. The van der Waals surface area contributed by atoms with Gasteiger partial charge < -0.3 is 0 Å². The fraction of sp³-hybridized carbons (Fsp3) is 0.100. The van der Waals surface area contributed by atoms with E-state index in [0.29, 0.717) is 0 Å². The van der Waals surface area contributed by atoms with Crippen LogP contribution in [-0.4, -0.2) is 20.5 Å². The molecule has 0 radical (unpaired) electrons. The van der Waals surface area contributed by atoms with Crippen molar-refractivity contribution < 1.29 is 9.18 Å². The van der Waals surface area contributed by atoms with E-state index in [0.717, 1.165) is 6.07 Å². The predicted molar refractivity (Wildman–Crippen MR) is 60.8 cm³/mol. The van der Waals surface area contributed by atoms with E-state index in [2.05, 4.69) is 10.1 Å². The Morgan fingerprint density at radius 1 is 1.35 bits per heavy atom. The van der Waals surface area contributed by atoms with Gasteiger partial charge in [0.1, 0.15) is 25.0 Å². The zero-order valence-corrected chi connectivity index (χ0v) is 9.91. The molecule has 2 aromatic rings. The smallest absolute Gasteiger partial charge is 0.185 e. The van der Waals surface area contributed by atoms with Gasteiger partial charge >= 0.3 is 0 Å². The summed E-state index contributed by atoms with van der Waals surface area (Å²) in [6.45, 7) is -0.0548. The second-order valence-corrected chi connectivity index (χ2v) is 4.08. The van der Waals surface area contributed by atoms with Gasteiger partial charge in [-0.3, -0.25) is 4.79 Å². The molecular formula is C10H6Cl2FN3O. The number of hydrogen-bond donors (Lipinski definition) is 0. The number of halogens is 3. The molecule has 2 rings (SSSR count). The lowest BCUT2D eigenvalue weighted by molar-refractivity contribution is 0.0967. The van der Waals surface area contributed by atoms with E-state index in [-0.39, 0.29) is 27.9 Å². The summed E-state index contributed by atoms with van der Waals surface area (Å²) in [6.07, 6.45) is 2.69. The molecule has 0 aliphatic carbocycles. The van der Waals surface area contributed by atoms with Crippen molar-refractivity contribution in [1.82, 2.24) is 14.8 Å². The van der Waals surface area contributed by atoms with Gasteiger partial charge in [-0.05, 0) is 12.1 Å². The number of benzene rings is 1. The number of nitrogens with zero attached hydrogens (tertiary/aromatic N) is 3. The Labute approximate surface area is 106 Å². The molecule has 1 aromatic heterocycles. The summed E-state index contributed by atoms with van der Waals surface area (Å²) < 4.78 is 14.5. The summed E-state index contributed by atoms with van der Waals surface area (Å²) in [5.41, 5.74) is 0.0732. The second kappa shape index (κ2) is 4.81. The average Bonchev–Trinajstić information content (AvgIpc) is 2.76. The molecule has 4 nitrogen and oxygen atoms in total. The van der Waals surface area contributed by atoms with E-state index < -0.39 is 5.82 Å². The van der Waals surface area contributed by atoms with Crippen molar-refractivity contribution >= 4 is 29.0 Å². The Morgan fingerprint density at radius 2 is 2.12 bits per heavy atom. The third kappa shape index (κ3) is 2.62. The van der Waals surface area contributed by atoms with E-state index in [1.165, 1.54) is 23.4 Å². The van der Waals surface area contributed by atoms with Gasteiger partial charge in [-0.15, -0.1) is 0 Å². The fourth-order valence-corrected chi connectivity index (χ4v) is 1.77. The largest absolute Gasteiger partial charge is 0.292 e. The van der Waals surface area contributed by atoms with Crippen LogP contribution >= 0.6 is 23.2 Å². The van der Waals surface area contributed by atoms with Gasteiger partial charge in [0, 0.05) is 5.56 Å². The summed E-state index contributed by atoms with van der Waals surface area (Å²) in [7, 11) is 0. The zero-order chi connectivity index (χ0) is 12.4. The van der Waals surface area contributed by atoms with Crippen molar-refractivity contribution in [3.63, 3.8) is 0 Å². The van der Waals surface area contributed by atoms with Crippen molar-refractivity contribution in [1.29, 1.82) is 0 Å². The number of carbonyl (C=O) groups excluding carboxylic acids is 1. The van der Waals surface area contributed by atoms with E-state index in [1.54, 1.807) is 0 Å². The van der Waals surface area contributed by atoms with Gasteiger partial charge in [0.2, 0.25) is 0 Å². The Kier molecular flexibility index (Phi) is 3.40. The highest BCUT2D eigenvalue weighted by atomic mass is 35.5. The number of aromatic nitrogens is 3. The SMILES string of the molecule is O=C(Cn1cncn1)c1cc(F)c(Cl)cc1Cl. The molecule has 1 aromatic carbocycles. The number of hydrogen-bond acceptors (Lipinski definition) is 3. The van der Waals surface area contributed by atoms with Crippen LogP contribution in [0.15, 0.2) is 24.8 Å². The van der Waals surface area contributed by atoms with E-state index in [1.807, 2.05) is 0 Å². The molecule has 0 aliphatic rings. The van der Waals surface area contributed by atoms with Crippen molar-refractivity contribution in [3.05, 3.63) is 46.2 Å². The Bertz CT molecular complexity index is 557. The standard InChI is InChI=1S/C10H6Cl2FN3O/c11-7-2-8(12)9(13)1-6(7)10(17)3-16-5-14-4-15-16/h1-2,4-5H,3H2. The maximum Gasteiger partial charge on any atom is 0.185 e. The van der Waals surface area contributed by atoms with Crippen molar-refractivity contribution in [3.8, 4) is 0 Å². The van der Waals surface area contributed by atoms with E-state index in [9.17, 15) is 9.18 Å². The van der Waals surface area contributed by atoms with Gasteiger partial charge in [-0.25, -0.2) is 14.1 Å². The van der Waals surface area contributed by atoms with E-state index in [4.69, 9.17) is 23.2 Å². The van der Waals surface area contributed by atoms with Gasteiger partial charge in [0.05, 0.1) is 10.0 Å². The first-order valence-corrected chi connectivity index (χ1v) is 5.33. The minimum atomic E-state index is -0.682. The maximum absolute atomic E-state index is 13.2. The molecule has 0 N–H and O–H groups in total. The third-order valence-corrected chi connectivity index (χ3v) is 2.68. The monoisotopic (exact) mass is 273 g/mol. The van der Waals surface area contributed by atoms with Gasteiger partial charge in [0.15, 0.2) is 5.78 Å². The molecule has 0 fully saturated rings. The van der Waals surface area contributed by atoms with Crippen LogP contribution in [0.25, 0.3) is 0 Å². The Balaban J connectivity index is 2.28. The van der Waals surface area contributed by atoms with Crippen LogP contribution in [0.3, 0.4) is 0 Å². The molecule has 1 heterocycles. The summed E-state index contributed by atoms with van der Waals surface area (Å²) in [5, 5.41) is 3.77. The number of carbonyl (C=O) groups is 1. The Hall–Kier alpha value is -1.46. The van der Waals surface area contributed by atoms with Crippen LogP contribution < -0.4 is 0 Å². The normalized spacial score (nSPS) is 10.5. The first-order chi connectivity index (χ1) is 8.08. The van der Waals surface area contributed by atoms with Crippen LogP contribution in [0, 0.1) is 5.82 Å². The highest BCUT2D eigenvalue weighted by Gasteiger charge is 2.14. The third-order valence-electron chi connectivity index (χ3n) is 2.08. The molecule has 88 valence electrons. The van der Waals surface area contributed by atoms with Crippen LogP contribution in [-0.2, 0) is 6.54 Å². The predicted octanol–water partition coefficient (Wildman–Crippen LogP) is 2.61. The molecule has 0 saturated carbocycles. The van der Waals surface area contributed by atoms with Gasteiger partial charge in [0.25, 0.3) is 0 Å². The van der Waals surface area contributed by atoms with Crippen molar-refractivity contribution in [2.45, 2.75) is 6.54 Å². The molecule has 0 spiro atoms. The van der Waals surface area contributed by atoms with Crippen LogP contribution in [0.2, 0.25) is 10.0 Å². The molecule has 7 heteroatoms. The highest BCUT2D eigenvalue weighted by molar-refractivity contribution is 6.36. The van der Waals surface area contributed by atoms with Gasteiger partial charge in [-0.2, -0.15) is 5.10 Å². The topological polar surface area (TPSA) is 47.8 Å². The molecule has 0 bridgehead atoms. The zero-order valence-electron chi connectivity index (χ0n) is 8.40. The summed E-state index contributed by atoms with van der Waals surface area (Å²) in [4.78, 5) is 15.5. The van der Waals surface area contributed by atoms with Gasteiger partial charge in [-0.1, -0.05) is 23.2 Å². The number of ketones is 1. The summed E-state index contributed by atoms with van der Waals surface area (Å²) >= 11 is 11.4. The number of Topliss-reactive ketones (excluding diaryl/α,β-unsaturated/α-hetero) is 1. The molecule has 0 atom stereocenters. The van der Waals surface area contributed by atoms with Crippen LogP contribution in [0.4, 0.5) is 4.39 Å². The molecule has 0 amide bonds. The summed E-state index contributed by atoms with van der Waals surface area (Å²) in [6, 6.07) is 2.22. The lowest BCUT2D eigenvalue weighted by Gasteiger charge is -2.04. The van der Waals surface area contributed by atoms with E-state index >= 15 is 0 Å². The first kappa shape index (κ1) is 12.0. The molecule has 0 unspecified atom stereocenters. The fourth-order valence-electron chi connectivity index (χ4n) is 1.28. The molecule has 17 heavy (non-hydrogen) atoms. The number of rotatable bonds is 3.